The molecule has 0 aliphatic carbocycles. The van der Waals surface area contributed by atoms with Crippen LogP contribution in [0.15, 0.2) is 36.7 Å². The first-order valence-corrected chi connectivity index (χ1v) is 5.47. The van der Waals surface area contributed by atoms with Crippen LogP contribution in [-0.4, -0.2) is 29.0 Å². The van der Waals surface area contributed by atoms with Gasteiger partial charge in [0, 0.05) is 12.7 Å². The number of aromatic nitrogens is 2. The summed E-state index contributed by atoms with van der Waals surface area (Å²) >= 11 is 0. The van der Waals surface area contributed by atoms with Crippen molar-refractivity contribution in [1.82, 2.24) is 9.97 Å². The van der Waals surface area contributed by atoms with Gasteiger partial charge in [-0.2, -0.15) is 0 Å². The lowest BCUT2D eigenvalue weighted by Gasteiger charge is -2.05. The molecule has 0 atom stereocenters. The third-order valence-corrected chi connectivity index (χ3v) is 2.36. The molecule has 5 nitrogen and oxygen atoms in total. The van der Waals surface area contributed by atoms with Crippen molar-refractivity contribution in [2.45, 2.75) is 6.61 Å². The topological polar surface area (TPSA) is 64.5 Å². The highest BCUT2D eigenvalue weighted by Crippen LogP contribution is 2.18. The van der Waals surface area contributed by atoms with Crippen molar-refractivity contribution in [2.24, 2.45) is 0 Å². The van der Waals surface area contributed by atoms with E-state index >= 15 is 0 Å². The summed E-state index contributed by atoms with van der Waals surface area (Å²) in [5.41, 5.74) is 2.48. The summed E-state index contributed by atoms with van der Waals surface area (Å²) in [5, 5.41) is 9.08. The van der Waals surface area contributed by atoms with E-state index in [4.69, 9.17) is 14.6 Å². The van der Waals surface area contributed by atoms with E-state index in [0.717, 1.165) is 16.8 Å². The fourth-order valence-electron chi connectivity index (χ4n) is 1.49. The van der Waals surface area contributed by atoms with E-state index in [9.17, 15) is 0 Å². The highest BCUT2D eigenvalue weighted by molar-refractivity contribution is 5.59. The van der Waals surface area contributed by atoms with Crippen LogP contribution >= 0.6 is 0 Å². The highest BCUT2D eigenvalue weighted by atomic mass is 16.7. The van der Waals surface area contributed by atoms with E-state index < -0.39 is 0 Å². The molecule has 1 aromatic carbocycles. The van der Waals surface area contributed by atoms with E-state index in [0.29, 0.717) is 5.88 Å². The Morgan fingerprint density at radius 2 is 2.11 bits per heavy atom. The van der Waals surface area contributed by atoms with Crippen LogP contribution in [-0.2, 0) is 11.3 Å². The number of benzene rings is 1. The zero-order valence-corrected chi connectivity index (χ0v) is 10.0. The Morgan fingerprint density at radius 3 is 2.78 bits per heavy atom. The molecule has 0 unspecified atom stereocenters. The minimum absolute atomic E-state index is 0.0102. The lowest BCUT2D eigenvalue weighted by atomic mass is 10.1. The quantitative estimate of drug-likeness (QED) is 0.812. The molecule has 0 aliphatic rings. The number of aliphatic hydroxyl groups excluding tert-OH is 1. The molecule has 5 heteroatoms. The predicted molar refractivity (Wildman–Crippen MR) is 65.9 cm³/mol. The van der Waals surface area contributed by atoms with Crippen LogP contribution in [0.25, 0.3) is 11.3 Å². The van der Waals surface area contributed by atoms with Crippen LogP contribution in [0.1, 0.15) is 5.56 Å². The van der Waals surface area contributed by atoms with Gasteiger partial charge >= 0.3 is 0 Å². The number of nitrogens with zero attached hydrogens (tertiary/aromatic N) is 2. The molecule has 0 bridgehead atoms. The molecule has 0 fully saturated rings. The second kappa shape index (κ2) is 6.09. The Bertz CT molecular complexity index is 500. The van der Waals surface area contributed by atoms with Crippen LogP contribution in [0.3, 0.4) is 0 Å². The molecule has 0 saturated heterocycles. The van der Waals surface area contributed by atoms with E-state index in [1.165, 1.54) is 0 Å². The second-order valence-electron chi connectivity index (χ2n) is 3.65. The van der Waals surface area contributed by atoms with Gasteiger partial charge in [0.25, 0.3) is 0 Å². The summed E-state index contributed by atoms with van der Waals surface area (Å²) in [7, 11) is 1.54. The molecular weight excluding hydrogens is 232 g/mol. The van der Waals surface area contributed by atoms with Crippen LogP contribution in [0.5, 0.6) is 5.88 Å². The van der Waals surface area contributed by atoms with Gasteiger partial charge in [0.15, 0.2) is 6.79 Å². The SMILES string of the molecule is COCOc1cnc(-c2cccc(CO)c2)cn1. The number of hydrogen-bond donors (Lipinski definition) is 1. The number of aliphatic hydroxyl groups is 1. The normalized spacial score (nSPS) is 10.3. The maximum Gasteiger partial charge on any atom is 0.234 e. The number of methoxy groups -OCH3 is 1. The van der Waals surface area contributed by atoms with Crippen molar-refractivity contribution >= 4 is 0 Å². The molecule has 1 N–H and O–H groups in total. The lowest BCUT2D eigenvalue weighted by Crippen LogP contribution is -2.01. The van der Waals surface area contributed by atoms with Crippen LogP contribution in [0, 0.1) is 0 Å². The Labute approximate surface area is 105 Å². The van der Waals surface area contributed by atoms with Gasteiger partial charge < -0.3 is 14.6 Å². The molecule has 0 amide bonds. The number of ether oxygens (including phenoxy) is 2. The van der Waals surface area contributed by atoms with E-state index in [1.807, 2.05) is 24.3 Å². The molecule has 2 rings (SSSR count). The average Bonchev–Trinajstić information content (AvgIpc) is 2.46. The Balaban J connectivity index is 2.17. The molecule has 1 heterocycles. The molecule has 2 aromatic rings. The summed E-state index contributed by atoms with van der Waals surface area (Å²) in [6, 6.07) is 7.52. The van der Waals surface area contributed by atoms with Gasteiger partial charge in [-0.15, -0.1) is 0 Å². The van der Waals surface area contributed by atoms with Gasteiger partial charge in [-0.25, -0.2) is 9.97 Å². The Kier molecular flexibility index (Phi) is 4.22. The van der Waals surface area contributed by atoms with Crippen molar-refractivity contribution < 1.29 is 14.6 Å². The summed E-state index contributed by atoms with van der Waals surface area (Å²) in [5.74, 6) is 0.416. The Hall–Kier alpha value is -1.98. The minimum atomic E-state index is 0.0102. The van der Waals surface area contributed by atoms with Crippen LogP contribution in [0.4, 0.5) is 0 Å². The molecule has 0 spiro atoms. The summed E-state index contributed by atoms with van der Waals surface area (Å²) < 4.78 is 9.93. The largest absolute Gasteiger partial charge is 0.449 e. The van der Waals surface area contributed by atoms with E-state index in [2.05, 4.69) is 9.97 Å². The highest BCUT2D eigenvalue weighted by Gasteiger charge is 2.02. The van der Waals surface area contributed by atoms with Gasteiger partial charge in [0.1, 0.15) is 0 Å². The number of rotatable bonds is 5. The zero-order chi connectivity index (χ0) is 12.8. The van der Waals surface area contributed by atoms with Crippen molar-refractivity contribution in [3.63, 3.8) is 0 Å². The molecule has 0 radical (unpaired) electrons. The summed E-state index contributed by atoms with van der Waals surface area (Å²) in [6.45, 7) is 0.157. The fraction of sp³-hybridized carbons (Fsp3) is 0.231. The molecule has 94 valence electrons. The minimum Gasteiger partial charge on any atom is -0.449 e. The first-order chi connectivity index (χ1) is 8.83. The maximum absolute atomic E-state index is 9.08. The van der Waals surface area contributed by atoms with Crippen molar-refractivity contribution in [3.05, 3.63) is 42.2 Å². The molecular formula is C13H14N2O3. The summed E-state index contributed by atoms with van der Waals surface area (Å²) in [6.07, 6.45) is 3.17. The fourth-order valence-corrected chi connectivity index (χ4v) is 1.49. The van der Waals surface area contributed by atoms with Gasteiger partial charge in [0.2, 0.25) is 5.88 Å². The van der Waals surface area contributed by atoms with Gasteiger partial charge in [-0.05, 0) is 11.6 Å². The third kappa shape index (κ3) is 3.03. The van der Waals surface area contributed by atoms with E-state index in [-0.39, 0.29) is 13.4 Å². The van der Waals surface area contributed by atoms with Gasteiger partial charge in [-0.1, -0.05) is 18.2 Å². The number of hydrogen-bond acceptors (Lipinski definition) is 5. The smallest absolute Gasteiger partial charge is 0.234 e. The molecule has 0 aliphatic heterocycles. The molecule has 1 aromatic heterocycles. The maximum atomic E-state index is 9.08. The van der Waals surface area contributed by atoms with Gasteiger partial charge in [0.05, 0.1) is 24.7 Å². The lowest BCUT2D eigenvalue weighted by molar-refractivity contribution is 0.0475. The van der Waals surface area contributed by atoms with E-state index in [1.54, 1.807) is 19.5 Å². The van der Waals surface area contributed by atoms with Crippen molar-refractivity contribution in [2.75, 3.05) is 13.9 Å². The third-order valence-electron chi connectivity index (χ3n) is 2.36. The van der Waals surface area contributed by atoms with Crippen LogP contribution in [0.2, 0.25) is 0 Å². The summed E-state index contributed by atoms with van der Waals surface area (Å²) in [4.78, 5) is 8.37. The second-order valence-corrected chi connectivity index (χ2v) is 3.65. The standard InChI is InChI=1S/C13H14N2O3/c1-17-9-18-13-7-14-12(6-15-13)11-4-2-3-10(5-11)8-16/h2-7,16H,8-9H2,1H3. The van der Waals surface area contributed by atoms with Crippen LogP contribution < -0.4 is 4.74 Å². The van der Waals surface area contributed by atoms with Crippen molar-refractivity contribution in [3.8, 4) is 17.1 Å². The zero-order valence-electron chi connectivity index (χ0n) is 10.0. The van der Waals surface area contributed by atoms with Crippen molar-refractivity contribution in [1.29, 1.82) is 0 Å². The first kappa shape index (κ1) is 12.5. The van der Waals surface area contributed by atoms with Gasteiger partial charge in [-0.3, -0.25) is 0 Å². The Morgan fingerprint density at radius 1 is 1.22 bits per heavy atom. The monoisotopic (exact) mass is 246 g/mol. The predicted octanol–water partition coefficient (Wildman–Crippen LogP) is 1.62. The average molecular weight is 246 g/mol. The molecule has 0 saturated carbocycles. The molecule has 18 heavy (non-hydrogen) atoms. The first-order valence-electron chi connectivity index (χ1n) is 5.47.